The predicted octanol–water partition coefficient (Wildman–Crippen LogP) is 4.22. The SMILES string of the molecule is CC(C)(C)OC(N)=O.O=C1CCCN1[C@@H]1CCCc2ccc(Cl)cc21. The number of rotatable bonds is 1. The second kappa shape index (κ2) is 8.09. The fourth-order valence-corrected chi connectivity index (χ4v) is 3.55. The third-order valence-electron chi connectivity index (χ3n) is 4.28. The summed E-state index contributed by atoms with van der Waals surface area (Å²) in [7, 11) is 0. The maximum Gasteiger partial charge on any atom is 0.405 e. The van der Waals surface area contributed by atoms with Gasteiger partial charge in [0.05, 0.1) is 6.04 Å². The van der Waals surface area contributed by atoms with Crippen LogP contribution in [0.15, 0.2) is 18.2 Å². The first-order valence-corrected chi connectivity index (χ1v) is 9.11. The highest BCUT2D eigenvalue weighted by molar-refractivity contribution is 6.30. The molecule has 0 bridgehead atoms. The molecule has 25 heavy (non-hydrogen) atoms. The number of likely N-dealkylation sites (tertiary alicyclic amines) is 1. The third kappa shape index (κ3) is 5.63. The second-order valence-corrected chi connectivity index (χ2v) is 7.91. The van der Waals surface area contributed by atoms with Gasteiger partial charge in [0, 0.05) is 18.0 Å². The Morgan fingerprint density at radius 1 is 1.28 bits per heavy atom. The van der Waals surface area contributed by atoms with Crippen molar-refractivity contribution >= 4 is 23.6 Å². The number of ether oxygens (including phenoxy) is 1. The molecule has 6 heteroatoms. The van der Waals surface area contributed by atoms with E-state index in [0.29, 0.717) is 12.3 Å². The summed E-state index contributed by atoms with van der Waals surface area (Å²) in [6, 6.07) is 6.39. The number of nitrogens with zero attached hydrogens (tertiary/aromatic N) is 1. The van der Waals surface area contributed by atoms with Crippen molar-refractivity contribution in [3.63, 3.8) is 0 Å². The van der Waals surface area contributed by atoms with Gasteiger partial charge in [-0.05, 0) is 69.7 Å². The van der Waals surface area contributed by atoms with Crippen LogP contribution in [-0.2, 0) is 16.0 Å². The Kier molecular flexibility index (Phi) is 6.33. The van der Waals surface area contributed by atoms with Crippen LogP contribution in [0.4, 0.5) is 4.79 Å². The van der Waals surface area contributed by atoms with Gasteiger partial charge in [-0.2, -0.15) is 0 Å². The van der Waals surface area contributed by atoms with Crippen LogP contribution < -0.4 is 5.73 Å². The number of nitrogens with two attached hydrogens (primary N) is 1. The average molecular weight is 367 g/mol. The molecule has 0 unspecified atom stereocenters. The minimum atomic E-state index is -0.725. The first-order valence-electron chi connectivity index (χ1n) is 8.73. The van der Waals surface area contributed by atoms with E-state index < -0.39 is 11.7 Å². The highest BCUT2D eigenvalue weighted by atomic mass is 35.5. The van der Waals surface area contributed by atoms with Crippen molar-refractivity contribution in [3.8, 4) is 0 Å². The number of fused-ring (bicyclic) bond motifs is 1. The lowest BCUT2D eigenvalue weighted by atomic mass is 9.87. The van der Waals surface area contributed by atoms with E-state index in [2.05, 4.69) is 10.8 Å². The summed E-state index contributed by atoms with van der Waals surface area (Å²) >= 11 is 6.08. The minimum absolute atomic E-state index is 0.271. The maximum absolute atomic E-state index is 11.9. The molecule has 0 spiro atoms. The fourth-order valence-electron chi connectivity index (χ4n) is 3.37. The van der Waals surface area contributed by atoms with E-state index in [9.17, 15) is 9.59 Å². The number of hydrogen-bond acceptors (Lipinski definition) is 3. The molecule has 1 fully saturated rings. The van der Waals surface area contributed by atoms with Gasteiger partial charge in [-0.15, -0.1) is 0 Å². The van der Waals surface area contributed by atoms with E-state index in [1.807, 2.05) is 17.0 Å². The highest BCUT2D eigenvalue weighted by Gasteiger charge is 2.31. The zero-order chi connectivity index (χ0) is 18.6. The Bertz CT molecular complexity index is 640. The van der Waals surface area contributed by atoms with Gasteiger partial charge >= 0.3 is 6.09 Å². The van der Waals surface area contributed by atoms with Crippen LogP contribution in [0.1, 0.15) is 63.6 Å². The average Bonchev–Trinajstić information content (AvgIpc) is 2.90. The van der Waals surface area contributed by atoms with E-state index in [1.165, 1.54) is 17.5 Å². The quantitative estimate of drug-likeness (QED) is 0.808. The van der Waals surface area contributed by atoms with E-state index in [-0.39, 0.29) is 6.04 Å². The van der Waals surface area contributed by atoms with Gasteiger partial charge in [0.1, 0.15) is 5.60 Å². The summed E-state index contributed by atoms with van der Waals surface area (Å²) in [6.45, 7) is 6.20. The molecule has 5 nitrogen and oxygen atoms in total. The first kappa shape index (κ1) is 19.6. The van der Waals surface area contributed by atoms with Gasteiger partial charge in [-0.25, -0.2) is 4.79 Å². The number of amides is 2. The predicted molar refractivity (Wildman–Crippen MR) is 98.5 cm³/mol. The van der Waals surface area contributed by atoms with E-state index >= 15 is 0 Å². The van der Waals surface area contributed by atoms with Crippen molar-refractivity contribution in [3.05, 3.63) is 34.3 Å². The van der Waals surface area contributed by atoms with Gasteiger partial charge in [-0.3, -0.25) is 4.79 Å². The lowest BCUT2D eigenvalue weighted by Gasteiger charge is -2.33. The topological polar surface area (TPSA) is 72.6 Å². The molecule has 2 amide bonds. The van der Waals surface area contributed by atoms with Crippen LogP contribution in [0.3, 0.4) is 0 Å². The molecular formula is C19H27ClN2O3. The largest absolute Gasteiger partial charge is 0.444 e. The molecule has 0 radical (unpaired) electrons. The van der Waals surface area contributed by atoms with Gasteiger partial charge in [0.25, 0.3) is 0 Å². The normalized spacial score (nSPS) is 19.8. The molecule has 1 aliphatic heterocycles. The second-order valence-electron chi connectivity index (χ2n) is 7.48. The Balaban J connectivity index is 0.000000242. The molecule has 138 valence electrons. The van der Waals surface area contributed by atoms with Crippen LogP contribution in [0.2, 0.25) is 5.02 Å². The highest BCUT2D eigenvalue weighted by Crippen LogP contribution is 2.37. The zero-order valence-electron chi connectivity index (χ0n) is 15.2. The van der Waals surface area contributed by atoms with Gasteiger partial charge in [-0.1, -0.05) is 17.7 Å². The fraction of sp³-hybridized carbons (Fsp3) is 0.579. The van der Waals surface area contributed by atoms with Gasteiger partial charge in [0.2, 0.25) is 5.91 Å². The number of primary amides is 1. The monoisotopic (exact) mass is 366 g/mol. The summed E-state index contributed by atoms with van der Waals surface area (Å²) in [6.07, 6.45) is 4.36. The summed E-state index contributed by atoms with van der Waals surface area (Å²) in [5, 5.41) is 0.780. The molecule has 0 saturated carbocycles. The molecular weight excluding hydrogens is 340 g/mol. The molecule has 0 aromatic heterocycles. The number of benzene rings is 1. The molecule has 1 atom stereocenters. The molecule has 1 aromatic carbocycles. The molecule has 1 aliphatic carbocycles. The van der Waals surface area contributed by atoms with Gasteiger partial charge < -0.3 is 15.4 Å². The summed E-state index contributed by atoms with van der Waals surface area (Å²) < 4.78 is 4.58. The molecule has 1 saturated heterocycles. The Morgan fingerprint density at radius 3 is 2.52 bits per heavy atom. The minimum Gasteiger partial charge on any atom is -0.444 e. The third-order valence-corrected chi connectivity index (χ3v) is 4.52. The standard InChI is InChI=1S/C14H16ClNO.C5H11NO2/c15-11-7-6-10-3-1-4-13(12(10)9-11)16-8-2-5-14(16)17;1-5(2,3)8-4(6)7/h6-7,9,13H,1-5,8H2;1-3H3,(H2,6,7)/t13-;/m1./s1. The number of hydrogen-bond donors (Lipinski definition) is 1. The van der Waals surface area contributed by atoms with Crippen LogP contribution in [0.5, 0.6) is 0 Å². The lowest BCUT2D eigenvalue weighted by Crippen LogP contribution is -2.32. The van der Waals surface area contributed by atoms with Crippen molar-refractivity contribution in [2.24, 2.45) is 5.73 Å². The number of halogens is 1. The van der Waals surface area contributed by atoms with Crippen LogP contribution in [0, 0.1) is 0 Å². The van der Waals surface area contributed by atoms with Crippen LogP contribution in [-0.4, -0.2) is 29.0 Å². The number of carbonyl (C=O) groups excluding carboxylic acids is 2. The van der Waals surface area contributed by atoms with Crippen LogP contribution in [0.25, 0.3) is 0 Å². The Labute approximate surface area is 154 Å². The first-order chi connectivity index (χ1) is 11.7. The molecule has 1 heterocycles. The Hall–Kier alpha value is -1.75. The lowest BCUT2D eigenvalue weighted by molar-refractivity contribution is -0.130. The van der Waals surface area contributed by atoms with E-state index in [4.69, 9.17) is 17.3 Å². The van der Waals surface area contributed by atoms with Crippen molar-refractivity contribution < 1.29 is 14.3 Å². The zero-order valence-corrected chi connectivity index (χ0v) is 15.9. The van der Waals surface area contributed by atoms with E-state index in [1.54, 1.807) is 20.8 Å². The smallest absolute Gasteiger partial charge is 0.405 e. The maximum atomic E-state index is 11.9. The van der Waals surface area contributed by atoms with Crippen molar-refractivity contribution in [2.75, 3.05) is 6.54 Å². The number of carbonyl (C=O) groups is 2. The molecule has 2 N–H and O–H groups in total. The Morgan fingerprint density at radius 2 is 2.00 bits per heavy atom. The van der Waals surface area contributed by atoms with Gasteiger partial charge in [0.15, 0.2) is 0 Å². The van der Waals surface area contributed by atoms with Crippen molar-refractivity contribution in [1.29, 1.82) is 0 Å². The summed E-state index contributed by atoms with van der Waals surface area (Å²) in [4.78, 5) is 23.9. The van der Waals surface area contributed by atoms with Crippen molar-refractivity contribution in [1.82, 2.24) is 4.90 Å². The number of aryl methyl sites for hydroxylation is 1. The summed E-state index contributed by atoms with van der Waals surface area (Å²) in [5.74, 6) is 0.308. The molecule has 2 aliphatic rings. The molecule has 1 aromatic rings. The summed E-state index contributed by atoms with van der Waals surface area (Å²) in [5.41, 5.74) is 6.91. The molecule has 3 rings (SSSR count). The van der Waals surface area contributed by atoms with Crippen LogP contribution >= 0.6 is 11.6 Å². The van der Waals surface area contributed by atoms with E-state index in [0.717, 1.165) is 30.8 Å². The van der Waals surface area contributed by atoms with Crippen molar-refractivity contribution in [2.45, 2.75) is 64.5 Å².